The molecule has 2 N–H and O–H groups in total. The number of nitrogens with zero attached hydrogens (tertiary/aromatic N) is 1. The third-order valence-corrected chi connectivity index (χ3v) is 3.03. The van der Waals surface area contributed by atoms with Crippen molar-refractivity contribution in [1.82, 2.24) is 4.98 Å². The van der Waals surface area contributed by atoms with Crippen LogP contribution in [0.3, 0.4) is 0 Å². The molecular formula is C14H12ClF3N2O. The highest BCUT2D eigenvalue weighted by molar-refractivity contribution is 6.32. The number of ether oxygens (including phenoxy) is 1. The summed E-state index contributed by atoms with van der Waals surface area (Å²) in [4.78, 5) is 3.65. The van der Waals surface area contributed by atoms with Crippen molar-refractivity contribution in [2.24, 2.45) is 5.73 Å². The average molecular weight is 317 g/mol. The third kappa shape index (κ3) is 3.86. The molecule has 0 saturated heterocycles. The summed E-state index contributed by atoms with van der Waals surface area (Å²) < 4.78 is 43.8. The number of rotatable bonds is 4. The summed E-state index contributed by atoms with van der Waals surface area (Å²) in [7, 11) is 0. The maximum atomic E-state index is 12.9. The predicted molar refractivity (Wildman–Crippen MR) is 73.5 cm³/mol. The molecule has 0 aliphatic heterocycles. The van der Waals surface area contributed by atoms with Gasteiger partial charge >= 0.3 is 6.18 Å². The number of alkyl halides is 3. The van der Waals surface area contributed by atoms with Gasteiger partial charge in [-0.2, -0.15) is 13.2 Å². The Morgan fingerprint density at radius 2 is 1.95 bits per heavy atom. The van der Waals surface area contributed by atoms with Crippen LogP contribution < -0.4 is 10.5 Å². The van der Waals surface area contributed by atoms with Gasteiger partial charge in [0.05, 0.1) is 11.2 Å². The minimum Gasteiger partial charge on any atom is -0.454 e. The number of hydrogen-bond acceptors (Lipinski definition) is 3. The van der Waals surface area contributed by atoms with E-state index >= 15 is 0 Å². The normalized spacial score (nSPS) is 11.5. The molecule has 0 spiro atoms. The number of pyridine rings is 1. The Bertz CT molecular complexity index is 632. The van der Waals surface area contributed by atoms with Crippen LogP contribution in [-0.4, -0.2) is 11.5 Å². The molecule has 21 heavy (non-hydrogen) atoms. The summed E-state index contributed by atoms with van der Waals surface area (Å²) in [6, 6.07) is 5.69. The molecule has 0 aliphatic carbocycles. The fourth-order valence-electron chi connectivity index (χ4n) is 1.76. The second-order valence-electron chi connectivity index (χ2n) is 4.28. The van der Waals surface area contributed by atoms with Gasteiger partial charge in [0.1, 0.15) is 11.3 Å². The van der Waals surface area contributed by atoms with Crippen molar-refractivity contribution in [3.63, 3.8) is 0 Å². The standard InChI is InChI=1S/C14H12ClF3N2O/c15-11-7-9(3-5-19)1-2-12(11)21-13-8-20-6-4-10(13)14(16,17)18/h1-2,4,6-8H,3,5,19H2. The summed E-state index contributed by atoms with van der Waals surface area (Å²) in [5.74, 6) is -0.255. The Morgan fingerprint density at radius 1 is 1.19 bits per heavy atom. The van der Waals surface area contributed by atoms with E-state index < -0.39 is 17.5 Å². The van der Waals surface area contributed by atoms with Crippen LogP contribution in [0, 0.1) is 0 Å². The maximum absolute atomic E-state index is 12.9. The van der Waals surface area contributed by atoms with E-state index in [-0.39, 0.29) is 10.8 Å². The summed E-state index contributed by atoms with van der Waals surface area (Å²) in [6.07, 6.45) is -1.83. The van der Waals surface area contributed by atoms with Gasteiger partial charge in [-0.25, -0.2) is 0 Å². The van der Waals surface area contributed by atoms with Gasteiger partial charge in [-0.05, 0) is 36.7 Å². The van der Waals surface area contributed by atoms with Crippen molar-refractivity contribution in [3.05, 3.63) is 52.8 Å². The van der Waals surface area contributed by atoms with Gasteiger partial charge < -0.3 is 10.5 Å². The highest BCUT2D eigenvalue weighted by atomic mass is 35.5. The largest absolute Gasteiger partial charge is 0.454 e. The zero-order valence-corrected chi connectivity index (χ0v) is 11.6. The summed E-state index contributed by atoms with van der Waals surface area (Å²) in [5.41, 5.74) is 5.42. The number of hydrogen-bond donors (Lipinski definition) is 1. The van der Waals surface area contributed by atoms with Crippen LogP contribution in [-0.2, 0) is 12.6 Å². The number of nitrogens with two attached hydrogens (primary N) is 1. The summed E-state index contributed by atoms with van der Waals surface area (Å²) in [6.45, 7) is 0.456. The fourth-order valence-corrected chi connectivity index (χ4v) is 2.00. The van der Waals surface area contributed by atoms with E-state index in [0.717, 1.165) is 24.0 Å². The Morgan fingerprint density at radius 3 is 2.57 bits per heavy atom. The molecule has 0 amide bonds. The molecule has 112 valence electrons. The summed E-state index contributed by atoms with van der Waals surface area (Å²) in [5, 5.41) is 0.220. The highest BCUT2D eigenvalue weighted by Crippen LogP contribution is 2.39. The van der Waals surface area contributed by atoms with Crippen LogP contribution in [0.4, 0.5) is 13.2 Å². The first-order chi connectivity index (χ1) is 9.91. The first kappa shape index (κ1) is 15.6. The highest BCUT2D eigenvalue weighted by Gasteiger charge is 2.34. The fraction of sp³-hybridized carbons (Fsp3) is 0.214. The summed E-state index contributed by atoms with van der Waals surface area (Å²) >= 11 is 6.01. The Labute approximate surface area is 124 Å². The molecule has 2 rings (SSSR count). The first-order valence-electron chi connectivity index (χ1n) is 6.09. The topological polar surface area (TPSA) is 48.1 Å². The molecule has 1 heterocycles. The van der Waals surface area contributed by atoms with Crippen molar-refractivity contribution in [1.29, 1.82) is 0 Å². The zero-order chi connectivity index (χ0) is 15.5. The number of aromatic nitrogens is 1. The van der Waals surface area contributed by atoms with Gasteiger partial charge in [0, 0.05) is 6.20 Å². The lowest BCUT2D eigenvalue weighted by molar-refractivity contribution is -0.138. The van der Waals surface area contributed by atoms with E-state index in [0.29, 0.717) is 13.0 Å². The minimum absolute atomic E-state index is 0.135. The van der Waals surface area contributed by atoms with Gasteiger partial charge in [0.25, 0.3) is 0 Å². The molecule has 0 atom stereocenters. The second kappa shape index (κ2) is 6.32. The molecule has 0 aliphatic rings. The van der Waals surface area contributed by atoms with Crippen molar-refractivity contribution in [2.75, 3.05) is 6.54 Å². The van der Waals surface area contributed by atoms with Crippen molar-refractivity contribution < 1.29 is 17.9 Å². The molecule has 0 fully saturated rings. The van der Waals surface area contributed by atoms with Crippen LogP contribution >= 0.6 is 11.6 Å². The van der Waals surface area contributed by atoms with E-state index in [1.54, 1.807) is 12.1 Å². The van der Waals surface area contributed by atoms with Crippen LogP contribution in [0.5, 0.6) is 11.5 Å². The molecule has 1 aromatic heterocycles. The molecule has 2 aromatic rings. The zero-order valence-electron chi connectivity index (χ0n) is 10.8. The molecule has 7 heteroatoms. The number of halogens is 4. The third-order valence-electron chi connectivity index (χ3n) is 2.74. The molecule has 0 bridgehead atoms. The predicted octanol–water partition coefficient (Wildman–Crippen LogP) is 4.05. The van der Waals surface area contributed by atoms with E-state index in [2.05, 4.69) is 4.98 Å². The van der Waals surface area contributed by atoms with E-state index in [4.69, 9.17) is 22.1 Å². The van der Waals surface area contributed by atoms with Gasteiger partial charge in [0.2, 0.25) is 0 Å². The Balaban J connectivity index is 2.31. The van der Waals surface area contributed by atoms with Gasteiger partial charge in [-0.15, -0.1) is 0 Å². The molecular weight excluding hydrogens is 305 g/mol. The average Bonchev–Trinajstić information content (AvgIpc) is 2.42. The Kier molecular flexibility index (Phi) is 4.69. The lowest BCUT2D eigenvalue weighted by Gasteiger charge is -2.14. The van der Waals surface area contributed by atoms with Crippen molar-refractivity contribution in [3.8, 4) is 11.5 Å². The van der Waals surface area contributed by atoms with Crippen LogP contribution in [0.1, 0.15) is 11.1 Å². The molecule has 0 radical (unpaired) electrons. The van der Waals surface area contributed by atoms with Gasteiger partial charge in [0.15, 0.2) is 5.75 Å². The monoisotopic (exact) mass is 316 g/mol. The van der Waals surface area contributed by atoms with E-state index in [9.17, 15) is 13.2 Å². The minimum atomic E-state index is -4.52. The second-order valence-corrected chi connectivity index (χ2v) is 4.68. The SMILES string of the molecule is NCCc1ccc(Oc2cnccc2C(F)(F)F)c(Cl)c1. The smallest absolute Gasteiger partial charge is 0.420 e. The van der Waals surface area contributed by atoms with E-state index in [1.807, 2.05) is 0 Å². The van der Waals surface area contributed by atoms with Crippen LogP contribution in [0.2, 0.25) is 5.02 Å². The van der Waals surface area contributed by atoms with Crippen molar-refractivity contribution in [2.45, 2.75) is 12.6 Å². The molecule has 3 nitrogen and oxygen atoms in total. The number of benzene rings is 1. The quantitative estimate of drug-likeness (QED) is 0.925. The lowest BCUT2D eigenvalue weighted by Crippen LogP contribution is -2.07. The Hall–Kier alpha value is -1.79. The maximum Gasteiger partial charge on any atom is 0.420 e. The van der Waals surface area contributed by atoms with Crippen LogP contribution in [0.25, 0.3) is 0 Å². The first-order valence-corrected chi connectivity index (χ1v) is 6.47. The lowest BCUT2D eigenvalue weighted by atomic mass is 10.1. The van der Waals surface area contributed by atoms with E-state index in [1.165, 1.54) is 6.07 Å². The van der Waals surface area contributed by atoms with Crippen LogP contribution in [0.15, 0.2) is 36.7 Å². The molecule has 0 unspecified atom stereocenters. The van der Waals surface area contributed by atoms with Gasteiger partial charge in [-0.1, -0.05) is 17.7 Å². The molecule has 1 aromatic carbocycles. The molecule has 0 saturated carbocycles. The van der Waals surface area contributed by atoms with Crippen molar-refractivity contribution >= 4 is 11.6 Å². The van der Waals surface area contributed by atoms with Gasteiger partial charge in [-0.3, -0.25) is 4.98 Å².